The van der Waals surface area contributed by atoms with E-state index < -0.39 is 0 Å². The number of hydrogen-bond acceptors (Lipinski definition) is 4. The predicted octanol–water partition coefficient (Wildman–Crippen LogP) is 1.83. The minimum atomic E-state index is 0.490. The van der Waals surface area contributed by atoms with Crippen molar-refractivity contribution in [3.05, 3.63) is 23.9 Å². The van der Waals surface area contributed by atoms with Crippen molar-refractivity contribution in [1.29, 1.82) is 0 Å². The lowest BCUT2D eigenvalue weighted by Gasteiger charge is -2.25. The standard InChI is InChI=1S/C15H23N3O/c1-18-8-7-12(9-16-13-4-5-13)15(18)11-3-6-14(19-2)17-10-11/h3,6,10,12-13,15-16H,4-5,7-9H2,1-2H3. The first kappa shape index (κ1) is 12.9. The Bertz CT molecular complexity index is 416. The van der Waals surface area contributed by atoms with E-state index in [0.29, 0.717) is 17.8 Å². The molecule has 1 aliphatic heterocycles. The number of rotatable bonds is 5. The van der Waals surface area contributed by atoms with Crippen molar-refractivity contribution >= 4 is 0 Å². The molecule has 4 heteroatoms. The second-order valence-electron chi connectivity index (χ2n) is 5.79. The summed E-state index contributed by atoms with van der Waals surface area (Å²) in [5.41, 5.74) is 1.31. The Morgan fingerprint density at radius 3 is 2.84 bits per heavy atom. The molecule has 19 heavy (non-hydrogen) atoms. The lowest BCUT2D eigenvalue weighted by molar-refractivity contribution is 0.271. The fourth-order valence-corrected chi connectivity index (χ4v) is 3.06. The first-order valence-corrected chi connectivity index (χ1v) is 7.21. The molecule has 1 aromatic heterocycles. The van der Waals surface area contributed by atoms with E-state index in [1.807, 2.05) is 12.3 Å². The van der Waals surface area contributed by atoms with Gasteiger partial charge in [-0.05, 0) is 44.3 Å². The van der Waals surface area contributed by atoms with Crippen LogP contribution in [0.1, 0.15) is 30.9 Å². The van der Waals surface area contributed by atoms with Gasteiger partial charge in [0.15, 0.2) is 0 Å². The number of hydrogen-bond donors (Lipinski definition) is 1. The second-order valence-corrected chi connectivity index (χ2v) is 5.79. The highest BCUT2D eigenvalue weighted by Crippen LogP contribution is 2.36. The molecular weight excluding hydrogens is 238 g/mol. The molecule has 4 nitrogen and oxygen atoms in total. The number of nitrogens with one attached hydrogen (secondary N) is 1. The summed E-state index contributed by atoms with van der Waals surface area (Å²) in [6.45, 7) is 2.30. The largest absolute Gasteiger partial charge is 0.481 e. The molecule has 2 aliphatic rings. The molecule has 2 fully saturated rings. The van der Waals surface area contributed by atoms with Crippen LogP contribution in [0.25, 0.3) is 0 Å². The molecule has 1 saturated heterocycles. The highest BCUT2D eigenvalue weighted by molar-refractivity contribution is 5.22. The van der Waals surface area contributed by atoms with Crippen molar-refractivity contribution in [2.75, 3.05) is 27.2 Å². The normalized spacial score (nSPS) is 27.7. The number of aromatic nitrogens is 1. The van der Waals surface area contributed by atoms with Gasteiger partial charge in [-0.15, -0.1) is 0 Å². The molecule has 2 unspecified atom stereocenters. The molecular formula is C15H23N3O. The molecule has 0 spiro atoms. The Hall–Kier alpha value is -1.13. The van der Waals surface area contributed by atoms with Crippen LogP contribution in [0.5, 0.6) is 5.88 Å². The third-order valence-corrected chi connectivity index (χ3v) is 4.33. The molecule has 0 bridgehead atoms. The zero-order valence-electron chi connectivity index (χ0n) is 11.8. The third-order valence-electron chi connectivity index (χ3n) is 4.33. The van der Waals surface area contributed by atoms with Crippen LogP contribution in [0, 0.1) is 5.92 Å². The Labute approximate surface area is 115 Å². The topological polar surface area (TPSA) is 37.4 Å². The summed E-state index contributed by atoms with van der Waals surface area (Å²) in [5, 5.41) is 3.67. The highest BCUT2D eigenvalue weighted by atomic mass is 16.5. The summed E-state index contributed by atoms with van der Waals surface area (Å²) in [4.78, 5) is 6.80. The van der Waals surface area contributed by atoms with Crippen molar-refractivity contribution in [3.8, 4) is 5.88 Å². The van der Waals surface area contributed by atoms with Crippen LogP contribution in [0.3, 0.4) is 0 Å². The third kappa shape index (κ3) is 2.90. The zero-order chi connectivity index (χ0) is 13.2. The van der Waals surface area contributed by atoms with Gasteiger partial charge in [0, 0.05) is 30.9 Å². The Balaban J connectivity index is 1.70. The van der Waals surface area contributed by atoms with E-state index in [1.54, 1.807) is 7.11 Å². The van der Waals surface area contributed by atoms with E-state index in [4.69, 9.17) is 4.74 Å². The van der Waals surface area contributed by atoms with Crippen LogP contribution in [-0.2, 0) is 0 Å². The van der Waals surface area contributed by atoms with Gasteiger partial charge in [-0.1, -0.05) is 6.07 Å². The van der Waals surface area contributed by atoms with Gasteiger partial charge in [-0.3, -0.25) is 4.90 Å². The maximum Gasteiger partial charge on any atom is 0.212 e. The molecule has 2 atom stereocenters. The van der Waals surface area contributed by atoms with Gasteiger partial charge in [-0.2, -0.15) is 0 Å². The molecule has 0 aromatic carbocycles. The van der Waals surface area contributed by atoms with Gasteiger partial charge < -0.3 is 10.1 Å². The molecule has 0 radical (unpaired) electrons. The summed E-state index contributed by atoms with van der Waals surface area (Å²) in [7, 11) is 3.87. The van der Waals surface area contributed by atoms with Crippen LogP contribution in [0.2, 0.25) is 0 Å². The number of nitrogens with zero attached hydrogens (tertiary/aromatic N) is 2. The van der Waals surface area contributed by atoms with Gasteiger partial charge in [0.2, 0.25) is 5.88 Å². The van der Waals surface area contributed by atoms with Crippen molar-refractivity contribution in [2.24, 2.45) is 5.92 Å². The van der Waals surface area contributed by atoms with Gasteiger partial charge in [0.25, 0.3) is 0 Å². The molecule has 3 rings (SSSR count). The van der Waals surface area contributed by atoms with Gasteiger partial charge in [-0.25, -0.2) is 4.98 Å². The quantitative estimate of drug-likeness (QED) is 0.877. The predicted molar refractivity (Wildman–Crippen MR) is 75.3 cm³/mol. The lowest BCUT2D eigenvalue weighted by atomic mass is 9.94. The number of pyridine rings is 1. The minimum absolute atomic E-state index is 0.490. The van der Waals surface area contributed by atoms with Gasteiger partial charge in [0.1, 0.15) is 0 Å². The minimum Gasteiger partial charge on any atom is -0.481 e. The molecule has 1 N–H and O–H groups in total. The lowest BCUT2D eigenvalue weighted by Crippen LogP contribution is -2.29. The molecule has 1 aromatic rings. The fourth-order valence-electron chi connectivity index (χ4n) is 3.06. The van der Waals surface area contributed by atoms with Crippen LogP contribution in [0.4, 0.5) is 0 Å². The average molecular weight is 261 g/mol. The maximum absolute atomic E-state index is 5.14. The van der Waals surface area contributed by atoms with Crippen LogP contribution in [0.15, 0.2) is 18.3 Å². The molecule has 1 saturated carbocycles. The van der Waals surface area contributed by atoms with E-state index in [-0.39, 0.29) is 0 Å². The van der Waals surface area contributed by atoms with Gasteiger partial charge >= 0.3 is 0 Å². The highest BCUT2D eigenvalue weighted by Gasteiger charge is 2.34. The monoisotopic (exact) mass is 261 g/mol. The van der Waals surface area contributed by atoms with Crippen LogP contribution in [-0.4, -0.2) is 43.2 Å². The maximum atomic E-state index is 5.14. The van der Waals surface area contributed by atoms with E-state index >= 15 is 0 Å². The Morgan fingerprint density at radius 2 is 2.21 bits per heavy atom. The summed E-state index contributed by atoms with van der Waals surface area (Å²) in [6, 6.07) is 5.40. The van der Waals surface area contributed by atoms with Crippen molar-refractivity contribution < 1.29 is 4.74 Å². The number of likely N-dealkylation sites (tertiary alicyclic amines) is 1. The zero-order valence-corrected chi connectivity index (χ0v) is 11.8. The van der Waals surface area contributed by atoms with Crippen LogP contribution >= 0.6 is 0 Å². The van der Waals surface area contributed by atoms with Crippen molar-refractivity contribution in [2.45, 2.75) is 31.3 Å². The first-order chi connectivity index (χ1) is 9.28. The fraction of sp³-hybridized carbons (Fsp3) is 0.667. The molecule has 2 heterocycles. The van der Waals surface area contributed by atoms with E-state index in [0.717, 1.165) is 12.6 Å². The summed E-state index contributed by atoms with van der Waals surface area (Å²) < 4.78 is 5.14. The Morgan fingerprint density at radius 1 is 1.37 bits per heavy atom. The molecule has 104 valence electrons. The van der Waals surface area contributed by atoms with Crippen molar-refractivity contribution in [3.63, 3.8) is 0 Å². The molecule has 1 aliphatic carbocycles. The SMILES string of the molecule is COc1ccc(C2C(CNC3CC3)CCN2C)cn1. The van der Waals surface area contributed by atoms with Crippen molar-refractivity contribution in [1.82, 2.24) is 15.2 Å². The van der Waals surface area contributed by atoms with E-state index in [1.165, 1.54) is 31.4 Å². The first-order valence-electron chi connectivity index (χ1n) is 7.21. The van der Waals surface area contributed by atoms with Gasteiger partial charge in [0.05, 0.1) is 7.11 Å². The number of methoxy groups -OCH3 is 1. The van der Waals surface area contributed by atoms with Crippen LogP contribution < -0.4 is 10.1 Å². The summed E-state index contributed by atoms with van der Waals surface area (Å²) >= 11 is 0. The van der Waals surface area contributed by atoms with E-state index in [9.17, 15) is 0 Å². The Kier molecular flexibility index (Phi) is 3.71. The van der Waals surface area contributed by atoms with E-state index in [2.05, 4.69) is 28.3 Å². The summed E-state index contributed by atoms with van der Waals surface area (Å²) in [6.07, 6.45) is 5.96. The number of ether oxygens (including phenoxy) is 1. The second kappa shape index (κ2) is 5.47. The summed E-state index contributed by atoms with van der Waals surface area (Å²) in [5.74, 6) is 1.39. The average Bonchev–Trinajstić information content (AvgIpc) is 3.20. The smallest absolute Gasteiger partial charge is 0.212 e. The molecule has 0 amide bonds.